The largest absolute Gasteiger partial charge is 0.361 e. The lowest BCUT2D eigenvalue weighted by Crippen LogP contribution is -2.48. The normalized spacial score (nSPS) is 13.1. The molecule has 3 N–H and O–H groups in total. The number of carbonyl (C=O) groups is 2. The third kappa shape index (κ3) is 4.66. The van der Waals surface area contributed by atoms with Crippen molar-refractivity contribution >= 4 is 45.9 Å². The monoisotopic (exact) mass is 417 g/mol. The van der Waals surface area contributed by atoms with Gasteiger partial charge in [0.15, 0.2) is 0 Å². The minimum atomic E-state index is -0.703. The van der Waals surface area contributed by atoms with Gasteiger partial charge in [0.2, 0.25) is 11.8 Å². The topological polar surface area (TPSA) is 74.0 Å². The maximum atomic E-state index is 12.9. The van der Waals surface area contributed by atoms with Gasteiger partial charge < -0.3 is 15.6 Å². The van der Waals surface area contributed by atoms with Gasteiger partial charge in [-0.15, -0.1) is 0 Å². The first kappa shape index (κ1) is 20.2. The molecule has 2 unspecified atom stereocenters. The number of nitrogens with one attached hydrogen (secondary N) is 3. The molecule has 0 radical (unpaired) electrons. The molecule has 7 heteroatoms. The highest BCUT2D eigenvalue weighted by atomic mass is 35.5. The van der Waals surface area contributed by atoms with E-state index < -0.39 is 6.04 Å². The quantitative estimate of drug-likeness (QED) is 0.555. The number of carbonyl (C=O) groups excluding carboxylic acids is 2. The summed E-state index contributed by atoms with van der Waals surface area (Å²) in [6.45, 7) is 3.23. The van der Waals surface area contributed by atoms with Crippen molar-refractivity contribution in [2.45, 2.75) is 32.4 Å². The van der Waals surface area contributed by atoms with E-state index in [1.165, 1.54) is 6.92 Å². The lowest BCUT2D eigenvalue weighted by molar-refractivity contribution is -0.128. The second-order valence-corrected chi connectivity index (χ2v) is 7.56. The molecule has 0 aliphatic rings. The third-order valence-electron chi connectivity index (χ3n) is 4.58. The molecule has 2 amide bonds. The predicted octanol–water partition coefficient (Wildman–Crippen LogP) is 4.40. The number of halogens is 2. The summed E-state index contributed by atoms with van der Waals surface area (Å²) in [7, 11) is 0. The van der Waals surface area contributed by atoms with Crippen LogP contribution < -0.4 is 10.6 Å². The van der Waals surface area contributed by atoms with Crippen molar-refractivity contribution in [3.8, 4) is 0 Å². The Hall–Kier alpha value is -2.50. The van der Waals surface area contributed by atoms with Crippen LogP contribution in [0.3, 0.4) is 0 Å². The molecule has 0 saturated carbocycles. The number of rotatable bonds is 6. The van der Waals surface area contributed by atoms with E-state index in [0.717, 1.165) is 22.0 Å². The minimum Gasteiger partial charge on any atom is -0.361 e. The van der Waals surface area contributed by atoms with E-state index in [0.29, 0.717) is 16.5 Å². The van der Waals surface area contributed by atoms with Crippen LogP contribution in [-0.2, 0) is 16.0 Å². The Morgan fingerprint density at radius 1 is 1.11 bits per heavy atom. The van der Waals surface area contributed by atoms with Gasteiger partial charge in [-0.05, 0) is 36.2 Å². The third-order valence-corrected chi connectivity index (χ3v) is 5.14. The fourth-order valence-corrected chi connectivity index (χ4v) is 3.79. The second kappa shape index (κ2) is 8.67. The predicted molar refractivity (Wildman–Crippen MR) is 113 cm³/mol. The first-order valence-corrected chi connectivity index (χ1v) is 9.68. The van der Waals surface area contributed by atoms with Crippen molar-refractivity contribution in [1.82, 2.24) is 15.6 Å². The zero-order valence-electron chi connectivity index (χ0n) is 15.6. The standard InChI is InChI=1S/C21H21Cl2N3O2/c1-12(16-8-7-15(22)10-18(16)23)25-21(28)20(26-13(2)27)9-14-11-24-19-6-4-3-5-17(14)19/h3-8,10-12,20,24H,9H2,1-2H3,(H,25,28)(H,26,27). The molecule has 0 bridgehead atoms. The van der Waals surface area contributed by atoms with Gasteiger partial charge in [0, 0.05) is 40.5 Å². The number of fused-ring (bicyclic) bond motifs is 1. The maximum absolute atomic E-state index is 12.9. The summed E-state index contributed by atoms with van der Waals surface area (Å²) in [4.78, 5) is 27.8. The average molecular weight is 418 g/mol. The van der Waals surface area contributed by atoms with Crippen LogP contribution >= 0.6 is 23.2 Å². The first-order valence-electron chi connectivity index (χ1n) is 8.92. The highest BCUT2D eigenvalue weighted by Crippen LogP contribution is 2.26. The van der Waals surface area contributed by atoms with E-state index in [9.17, 15) is 9.59 Å². The summed E-state index contributed by atoms with van der Waals surface area (Å²) < 4.78 is 0. The van der Waals surface area contributed by atoms with E-state index in [2.05, 4.69) is 15.6 Å². The van der Waals surface area contributed by atoms with Crippen molar-refractivity contribution in [3.05, 3.63) is 69.8 Å². The fourth-order valence-electron chi connectivity index (χ4n) is 3.22. The van der Waals surface area contributed by atoms with Crippen molar-refractivity contribution in [2.75, 3.05) is 0 Å². The number of benzene rings is 2. The molecule has 3 rings (SSSR count). The van der Waals surface area contributed by atoms with Crippen LogP contribution in [0.2, 0.25) is 10.0 Å². The van der Waals surface area contributed by atoms with Crippen molar-refractivity contribution in [1.29, 1.82) is 0 Å². The first-order chi connectivity index (χ1) is 13.3. The van der Waals surface area contributed by atoms with Gasteiger partial charge in [-0.1, -0.05) is 47.5 Å². The molecule has 28 heavy (non-hydrogen) atoms. The number of H-pyrrole nitrogens is 1. The van der Waals surface area contributed by atoms with E-state index in [4.69, 9.17) is 23.2 Å². The Kier molecular flexibility index (Phi) is 6.27. The molecule has 0 aliphatic carbocycles. The van der Waals surface area contributed by atoms with Gasteiger partial charge in [-0.2, -0.15) is 0 Å². The molecule has 1 aromatic heterocycles. The van der Waals surface area contributed by atoms with Crippen molar-refractivity contribution in [3.63, 3.8) is 0 Å². The smallest absolute Gasteiger partial charge is 0.243 e. The number of aromatic nitrogens is 1. The molecule has 1 heterocycles. The fraction of sp³-hybridized carbons (Fsp3) is 0.238. The summed E-state index contributed by atoms with van der Waals surface area (Å²) >= 11 is 12.2. The summed E-state index contributed by atoms with van der Waals surface area (Å²) in [6.07, 6.45) is 2.24. The van der Waals surface area contributed by atoms with Gasteiger partial charge in [-0.25, -0.2) is 0 Å². The van der Waals surface area contributed by atoms with Crippen LogP contribution in [-0.4, -0.2) is 22.8 Å². The average Bonchev–Trinajstić information content (AvgIpc) is 3.03. The molecule has 5 nitrogen and oxygen atoms in total. The molecular formula is C21H21Cl2N3O2. The molecule has 0 aliphatic heterocycles. The molecule has 0 saturated heterocycles. The number of aromatic amines is 1. The zero-order valence-corrected chi connectivity index (χ0v) is 17.1. The summed E-state index contributed by atoms with van der Waals surface area (Å²) in [5, 5.41) is 7.71. The second-order valence-electron chi connectivity index (χ2n) is 6.71. The Morgan fingerprint density at radius 3 is 2.57 bits per heavy atom. The van der Waals surface area contributed by atoms with Crippen LogP contribution in [0, 0.1) is 0 Å². The SMILES string of the molecule is CC(=O)NC(Cc1c[nH]c2ccccc12)C(=O)NC(C)c1ccc(Cl)cc1Cl. The summed E-state index contributed by atoms with van der Waals surface area (Å²) in [5.41, 5.74) is 2.70. The number of amides is 2. The van der Waals surface area contributed by atoms with Gasteiger partial charge in [-0.3, -0.25) is 9.59 Å². The molecule has 2 aromatic carbocycles. The molecule has 2 atom stereocenters. The van der Waals surface area contributed by atoms with Crippen LogP contribution in [0.25, 0.3) is 10.9 Å². The number of hydrogen-bond donors (Lipinski definition) is 3. The maximum Gasteiger partial charge on any atom is 0.243 e. The Balaban J connectivity index is 1.78. The summed E-state index contributed by atoms with van der Waals surface area (Å²) in [5.74, 6) is -0.545. The number of hydrogen-bond acceptors (Lipinski definition) is 2. The Bertz CT molecular complexity index is 1020. The van der Waals surface area contributed by atoms with Crippen LogP contribution in [0.15, 0.2) is 48.7 Å². The lowest BCUT2D eigenvalue weighted by atomic mass is 10.0. The van der Waals surface area contributed by atoms with Gasteiger partial charge in [0.25, 0.3) is 0 Å². The Labute approximate surface area is 173 Å². The van der Waals surface area contributed by atoms with Gasteiger partial charge >= 0.3 is 0 Å². The molecule has 0 fully saturated rings. The molecule has 3 aromatic rings. The zero-order chi connectivity index (χ0) is 20.3. The van der Waals surface area contributed by atoms with E-state index in [1.54, 1.807) is 18.2 Å². The summed E-state index contributed by atoms with van der Waals surface area (Å²) in [6, 6.07) is 11.9. The van der Waals surface area contributed by atoms with E-state index >= 15 is 0 Å². The van der Waals surface area contributed by atoms with Gasteiger partial charge in [0.05, 0.1) is 6.04 Å². The van der Waals surface area contributed by atoms with E-state index in [1.807, 2.05) is 37.4 Å². The van der Waals surface area contributed by atoms with Crippen LogP contribution in [0.5, 0.6) is 0 Å². The highest BCUT2D eigenvalue weighted by molar-refractivity contribution is 6.35. The van der Waals surface area contributed by atoms with Gasteiger partial charge in [0.1, 0.15) is 6.04 Å². The highest BCUT2D eigenvalue weighted by Gasteiger charge is 2.23. The Morgan fingerprint density at radius 2 is 1.86 bits per heavy atom. The van der Waals surface area contributed by atoms with E-state index in [-0.39, 0.29) is 17.9 Å². The van der Waals surface area contributed by atoms with Crippen LogP contribution in [0.1, 0.15) is 31.0 Å². The number of para-hydroxylation sites is 1. The van der Waals surface area contributed by atoms with Crippen LogP contribution in [0.4, 0.5) is 0 Å². The minimum absolute atomic E-state index is 0.267. The molecular weight excluding hydrogens is 397 g/mol. The molecule has 146 valence electrons. The lowest BCUT2D eigenvalue weighted by Gasteiger charge is -2.22. The molecule has 0 spiro atoms. The van der Waals surface area contributed by atoms with Crippen molar-refractivity contribution in [2.24, 2.45) is 0 Å². The van der Waals surface area contributed by atoms with Crippen molar-refractivity contribution < 1.29 is 9.59 Å².